The third-order valence-corrected chi connectivity index (χ3v) is 3.10. The van der Waals surface area contributed by atoms with E-state index in [1.54, 1.807) is 0 Å². The number of esters is 1. The van der Waals surface area contributed by atoms with Gasteiger partial charge < -0.3 is 9.84 Å². The number of carbonyl (C=O) groups is 1. The lowest BCUT2D eigenvalue weighted by atomic mass is 9.87. The Hall–Kier alpha value is -0.570. The lowest BCUT2D eigenvalue weighted by Gasteiger charge is -2.22. The second kappa shape index (κ2) is 2.73. The van der Waals surface area contributed by atoms with Gasteiger partial charge in [0.1, 0.15) is 0 Å². The average Bonchev–Trinajstić information content (AvgIpc) is 2.80. The van der Waals surface area contributed by atoms with E-state index in [0.717, 1.165) is 12.8 Å². The van der Waals surface area contributed by atoms with Crippen LogP contribution in [0.2, 0.25) is 0 Å². The summed E-state index contributed by atoms with van der Waals surface area (Å²) in [6, 6.07) is 0. The second-order valence-electron chi connectivity index (χ2n) is 3.91. The number of aliphatic hydroxyl groups excluding tert-OH is 1. The van der Waals surface area contributed by atoms with Crippen LogP contribution in [-0.4, -0.2) is 24.3 Å². The van der Waals surface area contributed by atoms with E-state index >= 15 is 0 Å². The van der Waals surface area contributed by atoms with Crippen LogP contribution in [0, 0.1) is 17.8 Å². The maximum Gasteiger partial charge on any atom is 0.309 e. The first-order valence-electron chi connectivity index (χ1n) is 4.48. The Morgan fingerprint density at radius 2 is 2.17 bits per heavy atom. The summed E-state index contributed by atoms with van der Waals surface area (Å²) < 4.78 is 4.69. The first-order chi connectivity index (χ1) is 5.72. The average molecular weight is 170 g/mol. The number of hydrogen-bond donors (Lipinski definition) is 1. The summed E-state index contributed by atoms with van der Waals surface area (Å²) in [4.78, 5) is 11.2. The molecule has 4 atom stereocenters. The topological polar surface area (TPSA) is 46.5 Å². The molecule has 0 aromatic rings. The molecule has 2 saturated carbocycles. The Bertz CT molecular complexity index is 202. The molecule has 0 aliphatic heterocycles. The first kappa shape index (κ1) is 8.05. The monoisotopic (exact) mass is 170 g/mol. The standard InChI is InChI=1S/C9H14O3/c1-12-9(11)8-4-6(10)2-5-3-7(5)8/h5-8,10H,2-4H2,1H3/t5-,6-,7+,8+/m0/s1. The van der Waals surface area contributed by atoms with E-state index in [1.807, 2.05) is 0 Å². The maximum absolute atomic E-state index is 11.2. The van der Waals surface area contributed by atoms with E-state index < -0.39 is 0 Å². The molecule has 2 aliphatic rings. The summed E-state index contributed by atoms with van der Waals surface area (Å²) in [5.74, 6) is 0.948. The van der Waals surface area contributed by atoms with Crippen LogP contribution in [0.1, 0.15) is 19.3 Å². The Morgan fingerprint density at radius 1 is 1.42 bits per heavy atom. The van der Waals surface area contributed by atoms with Crippen molar-refractivity contribution in [2.24, 2.45) is 17.8 Å². The highest BCUT2D eigenvalue weighted by atomic mass is 16.5. The molecule has 0 aromatic carbocycles. The second-order valence-corrected chi connectivity index (χ2v) is 3.91. The first-order valence-corrected chi connectivity index (χ1v) is 4.48. The van der Waals surface area contributed by atoms with Crippen LogP contribution in [0.4, 0.5) is 0 Å². The Labute approximate surface area is 71.7 Å². The van der Waals surface area contributed by atoms with Crippen LogP contribution < -0.4 is 0 Å². The van der Waals surface area contributed by atoms with Crippen molar-refractivity contribution in [3.8, 4) is 0 Å². The van der Waals surface area contributed by atoms with Gasteiger partial charge in [0.15, 0.2) is 0 Å². The van der Waals surface area contributed by atoms with Crippen LogP contribution in [0.15, 0.2) is 0 Å². The Morgan fingerprint density at radius 3 is 2.83 bits per heavy atom. The molecule has 0 spiro atoms. The van der Waals surface area contributed by atoms with Crippen molar-refractivity contribution in [3.63, 3.8) is 0 Å². The predicted octanol–water partition coefficient (Wildman–Crippen LogP) is 0.566. The number of aliphatic hydroxyl groups is 1. The van der Waals surface area contributed by atoms with Crippen LogP contribution in [-0.2, 0) is 9.53 Å². The van der Waals surface area contributed by atoms with Gasteiger partial charge in [0.05, 0.1) is 19.1 Å². The number of fused-ring (bicyclic) bond motifs is 1. The lowest BCUT2D eigenvalue weighted by molar-refractivity contribution is -0.148. The minimum atomic E-state index is -0.280. The van der Waals surface area contributed by atoms with E-state index in [4.69, 9.17) is 0 Å². The number of rotatable bonds is 1. The third-order valence-electron chi connectivity index (χ3n) is 3.10. The molecule has 0 unspecified atom stereocenters. The summed E-state index contributed by atoms with van der Waals surface area (Å²) in [6.45, 7) is 0. The largest absolute Gasteiger partial charge is 0.469 e. The fourth-order valence-corrected chi connectivity index (χ4v) is 2.37. The summed E-state index contributed by atoms with van der Waals surface area (Å²) in [5, 5.41) is 9.41. The van der Waals surface area contributed by atoms with Gasteiger partial charge in [-0.3, -0.25) is 4.79 Å². The number of ether oxygens (including phenoxy) is 1. The molecule has 0 amide bonds. The fourth-order valence-electron chi connectivity index (χ4n) is 2.37. The van der Waals surface area contributed by atoms with Crippen molar-refractivity contribution in [1.82, 2.24) is 0 Å². The van der Waals surface area contributed by atoms with Crippen molar-refractivity contribution in [3.05, 3.63) is 0 Å². The molecule has 68 valence electrons. The van der Waals surface area contributed by atoms with Gasteiger partial charge >= 0.3 is 5.97 Å². The molecular weight excluding hydrogens is 156 g/mol. The smallest absolute Gasteiger partial charge is 0.309 e. The van der Waals surface area contributed by atoms with Crippen LogP contribution in [0.25, 0.3) is 0 Å². The zero-order chi connectivity index (χ0) is 8.72. The van der Waals surface area contributed by atoms with Crippen molar-refractivity contribution < 1.29 is 14.6 Å². The number of methoxy groups -OCH3 is 1. The molecular formula is C9H14O3. The van der Waals surface area contributed by atoms with Crippen molar-refractivity contribution in [2.45, 2.75) is 25.4 Å². The molecule has 0 saturated heterocycles. The van der Waals surface area contributed by atoms with Crippen molar-refractivity contribution in [1.29, 1.82) is 0 Å². The van der Waals surface area contributed by atoms with E-state index in [2.05, 4.69) is 4.74 Å². The van der Waals surface area contributed by atoms with Gasteiger partial charge in [-0.05, 0) is 31.1 Å². The third kappa shape index (κ3) is 1.22. The highest BCUT2D eigenvalue weighted by molar-refractivity contribution is 5.73. The maximum atomic E-state index is 11.2. The summed E-state index contributed by atoms with van der Waals surface area (Å²) in [6.07, 6.45) is 2.32. The van der Waals surface area contributed by atoms with Gasteiger partial charge in [0.2, 0.25) is 0 Å². The Kier molecular flexibility index (Phi) is 1.83. The molecule has 3 nitrogen and oxygen atoms in total. The highest BCUT2D eigenvalue weighted by Gasteiger charge is 2.51. The molecule has 2 fully saturated rings. The van der Waals surface area contributed by atoms with Gasteiger partial charge in [-0.1, -0.05) is 0 Å². The molecule has 0 heterocycles. The quantitative estimate of drug-likeness (QED) is 0.585. The minimum Gasteiger partial charge on any atom is -0.469 e. The normalized spacial score (nSPS) is 44.8. The molecule has 0 aromatic heterocycles. The molecule has 12 heavy (non-hydrogen) atoms. The highest BCUT2D eigenvalue weighted by Crippen LogP contribution is 2.53. The van der Waals surface area contributed by atoms with Gasteiger partial charge in [0, 0.05) is 0 Å². The Balaban J connectivity index is 2.01. The van der Waals surface area contributed by atoms with E-state index in [1.165, 1.54) is 7.11 Å². The fraction of sp³-hybridized carbons (Fsp3) is 0.889. The minimum absolute atomic E-state index is 0.0243. The molecule has 0 radical (unpaired) electrons. The van der Waals surface area contributed by atoms with Gasteiger partial charge in [-0.15, -0.1) is 0 Å². The summed E-state index contributed by atoms with van der Waals surface area (Å²) in [7, 11) is 1.42. The van der Waals surface area contributed by atoms with E-state index in [0.29, 0.717) is 18.3 Å². The SMILES string of the molecule is COC(=O)[C@@H]1C[C@@H](O)C[C@H]2C[C@H]21. The van der Waals surface area contributed by atoms with E-state index in [-0.39, 0.29) is 18.0 Å². The molecule has 0 bridgehead atoms. The number of hydrogen-bond acceptors (Lipinski definition) is 3. The molecule has 1 N–H and O–H groups in total. The zero-order valence-electron chi connectivity index (χ0n) is 7.19. The number of carbonyl (C=O) groups excluding carboxylic acids is 1. The van der Waals surface area contributed by atoms with Crippen LogP contribution in [0.3, 0.4) is 0 Å². The predicted molar refractivity (Wildman–Crippen MR) is 42.3 cm³/mol. The van der Waals surface area contributed by atoms with Crippen LogP contribution >= 0.6 is 0 Å². The van der Waals surface area contributed by atoms with Gasteiger partial charge in [-0.2, -0.15) is 0 Å². The van der Waals surface area contributed by atoms with Crippen molar-refractivity contribution in [2.75, 3.05) is 7.11 Å². The van der Waals surface area contributed by atoms with Gasteiger partial charge in [0.25, 0.3) is 0 Å². The lowest BCUT2D eigenvalue weighted by Crippen LogP contribution is -2.28. The zero-order valence-corrected chi connectivity index (χ0v) is 7.19. The van der Waals surface area contributed by atoms with Crippen LogP contribution in [0.5, 0.6) is 0 Å². The molecule has 3 heteroatoms. The van der Waals surface area contributed by atoms with Crippen molar-refractivity contribution >= 4 is 5.97 Å². The van der Waals surface area contributed by atoms with E-state index in [9.17, 15) is 9.90 Å². The summed E-state index contributed by atoms with van der Waals surface area (Å²) >= 11 is 0. The summed E-state index contributed by atoms with van der Waals surface area (Å²) in [5.41, 5.74) is 0. The van der Waals surface area contributed by atoms with Gasteiger partial charge in [-0.25, -0.2) is 0 Å². The molecule has 2 rings (SSSR count). The molecule has 2 aliphatic carbocycles.